The van der Waals surface area contributed by atoms with Crippen LogP contribution in [0.3, 0.4) is 0 Å². The van der Waals surface area contributed by atoms with E-state index >= 15 is 0 Å². The van der Waals surface area contributed by atoms with Gasteiger partial charge in [0.15, 0.2) is 29.5 Å². The molecule has 0 aliphatic carbocycles. The van der Waals surface area contributed by atoms with Crippen LogP contribution in [0.25, 0.3) is 0 Å². The summed E-state index contributed by atoms with van der Waals surface area (Å²) in [6.45, 7) is 0.0131. The molecule has 3 N–H and O–H groups in total. The molecule has 6 heteroatoms. The van der Waals surface area contributed by atoms with Crippen LogP contribution in [0.15, 0.2) is 30.3 Å². The fourth-order valence-corrected chi connectivity index (χ4v) is 2.92. The minimum absolute atomic E-state index is 0.00416. The van der Waals surface area contributed by atoms with Crippen LogP contribution >= 0.6 is 0 Å². The molecule has 2 aromatic carbocycles. The maximum absolute atomic E-state index is 12.5. The van der Waals surface area contributed by atoms with Crippen LogP contribution in [0, 0.1) is 0 Å². The smallest absolute Gasteiger partial charge is 0.199 e. The van der Waals surface area contributed by atoms with Gasteiger partial charge in [0, 0.05) is 17.2 Å². The number of hydrogen-bond acceptors (Lipinski definition) is 6. The second-order valence-corrected chi connectivity index (χ2v) is 5.32. The van der Waals surface area contributed by atoms with Crippen LogP contribution in [-0.4, -0.2) is 27.2 Å². The number of phenolic OH excluding ortho intramolecular Hbond substituents is 3. The lowest BCUT2D eigenvalue weighted by Gasteiger charge is -2.37. The Morgan fingerprint density at radius 3 is 2.68 bits per heavy atom. The third-order valence-electron chi connectivity index (χ3n) is 4.03. The van der Waals surface area contributed by atoms with Crippen LogP contribution < -0.4 is 4.74 Å². The topological polar surface area (TPSA) is 96.2 Å². The third kappa shape index (κ3) is 1.67. The van der Waals surface area contributed by atoms with Gasteiger partial charge in [0.05, 0.1) is 12.2 Å². The molecule has 0 amide bonds. The van der Waals surface area contributed by atoms with E-state index in [0.29, 0.717) is 16.7 Å². The average Bonchev–Trinajstić information content (AvgIpc) is 2.50. The van der Waals surface area contributed by atoms with Crippen molar-refractivity contribution in [1.29, 1.82) is 0 Å². The van der Waals surface area contributed by atoms with Gasteiger partial charge in [-0.1, -0.05) is 6.07 Å². The Morgan fingerprint density at radius 1 is 1.05 bits per heavy atom. The maximum atomic E-state index is 12.5. The Morgan fingerprint density at radius 2 is 1.86 bits per heavy atom. The first-order valence-electron chi connectivity index (χ1n) is 6.75. The number of hydrogen-bond donors (Lipinski definition) is 3. The standard InChI is InChI=1S/C16H12O6/c17-7-1-2-9-12(5-7)22-15-8-3-4-11(18)13(19)10(8)6-21-16(15)14(9)20/h1-5,15-19H,6H2. The number of carbonyl (C=O) groups excluding carboxylic acids is 1. The highest BCUT2D eigenvalue weighted by Gasteiger charge is 2.43. The maximum Gasteiger partial charge on any atom is 0.199 e. The molecule has 2 aliphatic rings. The van der Waals surface area contributed by atoms with Crippen molar-refractivity contribution >= 4 is 5.78 Å². The molecule has 0 bridgehead atoms. The van der Waals surface area contributed by atoms with Gasteiger partial charge in [0.25, 0.3) is 0 Å². The number of Topliss-reactive ketones (excluding diaryl/α,β-unsaturated/α-hetero) is 1. The second-order valence-electron chi connectivity index (χ2n) is 5.32. The quantitative estimate of drug-likeness (QED) is 0.644. The molecular weight excluding hydrogens is 288 g/mol. The summed E-state index contributed by atoms with van der Waals surface area (Å²) in [5.74, 6) is -0.482. The summed E-state index contributed by atoms with van der Waals surface area (Å²) < 4.78 is 11.3. The molecule has 22 heavy (non-hydrogen) atoms. The first kappa shape index (κ1) is 13.0. The Kier molecular flexibility index (Phi) is 2.58. The van der Waals surface area contributed by atoms with Crippen molar-refractivity contribution in [2.24, 2.45) is 0 Å². The number of phenols is 3. The first-order chi connectivity index (χ1) is 10.6. The SMILES string of the molecule is O=C1c2ccc(O)cc2OC2c3ccc(O)c(O)c3COC12. The Hall–Kier alpha value is -2.73. The third-order valence-corrected chi connectivity index (χ3v) is 4.03. The summed E-state index contributed by atoms with van der Waals surface area (Å²) in [5, 5.41) is 29.1. The van der Waals surface area contributed by atoms with Crippen LogP contribution in [0.1, 0.15) is 27.6 Å². The lowest BCUT2D eigenvalue weighted by atomic mass is 9.88. The molecule has 0 fully saturated rings. The molecule has 0 spiro atoms. The number of carbonyl (C=O) groups is 1. The van der Waals surface area contributed by atoms with Gasteiger partial charge in [-0.3, -0.25) is 4.79 Å². The van der Waals surface area contributed by atoms with Crippen LogP contribution in [0.4, 0.5) is 0 Å². The van der Waals surface area contributed by atoms with Crippen molar-refractivity contribution in [1.82, 2.24) is 0 Å². The lowest BCUT2D eigenvalue weighted by Crippen LogP contribution is -2.41. The van der Waals surface area contributed by atoms with E-state index in [4.69, 9.17) is 9.47 Å². The van der Waals surface area contributed by atoms with E-state index in [0.717, 1.165) is 0 Å². The average molecular weight is 300 g/mol. The zero-order valence-electron chi connectivity index (χ0n) is 11.3. The van der Waals surface area contributed by atoms with Crippen LogP contribution in [-0.2, 0) is 11.3 Å². The molecule has 0 saturated heterocycles. The largest absolute Gasteiger partial charge is 0.508 e. The van der Waals surface area contributed by atoms with Gasteiger partial charge in [-0.05, 0) is 18.2 Å². The predicted octanol–water partition coefficient (Wildman–Crippen LogP) is 2.02. The molecule has 2 aliphatic heterocycles. The number of ether oxygens (including phenoxy) is 2. The lowest BCUT2D eigenvalue weighted by molar-refractivity contribution is -0.0431. The highest BCUT2D eigenvalue weighted by atomic mass is 16.6. The highest BCUT2D eigenvalue weighted by molar-refractivity contribution is 6.03. The molecule has 0 aromatic heterocycles. The van der Waals surface area contributed by atoms with E-state index in [1.807, 2.05) is 0 Å². The van der Waals surface area contributed by atoms with Crippen molar-refractivity contribution in [3.05, 3.63) is 47.0 Å². The summed E-state index contributed by atoms with van der Waals surface area (Å²) in [6.07, 6.45) is -1.54. The Bertz CT molecular complexity index is 797. The summed E-state index contributed by atoms with van der Waals surface area (Å²) >= 11 is 0. The van der Waals surface area contributed by atoms with Gasteiger partial charge in [-0.25, -0.2) is 0 Å². The Balaban J connectivity index is 1.86. The summed E-state index contributed by atoms with van der Waals surface area (Å²) in [5.41, 5.74) is 1.34. The molecule has 2 aromatic rings. The van der Waals surface area contributed by atoms with Crippen molar-refractivity contribution in [3.8, 4) is 23.0 Å². The van der Waals surface area contributed by atoms with Crippen LogP contribution in [0.5, 0.6) is 23.0 Å². The van der Waals surface area contributed by atoms with Gasteiger partial charge in [0.1, 0.15) is 11.5 Å². The summed E-state index contributed by atoms with van der Waals surface area (Å²) in [6, 6.07) is 7.24. The van der Waals surface area contributed by atoms with Crippen molar-refractivity contribution in [2.75, 3.05) is 0 Å². The summed E-state index contributed by atoms with van der Waals surface area (Å²) in [7, 11) is 0. The molecular formula is C16H12O6. The molecule has 0 saturated carbocycles. The number of fused-ring (bicyclic) bond motifs is 4. The molecule has 6 nitrogen and oxygen atoms in total. The number of rotatable bonds is 0. The van der Waals surface area contributed by atoms with Gasteiger partial charge >= 0.3 is 0 Å². The zero-order chi connectivity index (χ0) is 15.4. The molecule has 4 rings (SSSR count). The molecule has 2 heterocycles. The first-order valence-corrected chi connectivity index (χ1v) is 6.75. The Labute approximate surface area is 125 Å². The van der Waals surface area contributed by atoms with E-state index in [2.05, 4.69) is 0 Å². The number of aromatic hydroxyl groups is 3. The fourth-order valence-electron chi connectivity index (χ4n) is 2.92. The molecule has 2 atom stereocenters. The minimum atomic E-state index is -0.812. The number of ketones is 1. The molecule has 2 unspecified atom stereocenters. The van der Waals surface area contributed by atoms with E-state index in [9.17, 15) is 20.1 Å². The van der Waals surface area contributed by atoms with Gasteiger partial charge < -0.3 is 24.8 Å². The minimum Gasteiger partial charge on any atom is -0.508 e. The van der Waals surface area contributed by atoms with Crippen molar-refractivity contribution < 1.29 is 29.6 Å². The zero-order valence-corrected chi connectivity index (χ0v) is 11.3. The monoisotopic (exact) mass is 300 g/mol. The van der Waals surface area contributed by atoms with E-state index in [1.54, 1.807) is 6.07 Å². The van der Waals surface area contributed by atoms with Crippen LogP contribution in [0.2, 0.25) is 0 Å². The van der Waals surface area contributed by atoms with Gasteiger partial charge in [-0.15, -0.1) is 0 Å². The normalized spacial score (nSPS) is 22.3. The predicted molar refractivity (Wildman–Crippen MR) is 74.2 cm³/mol. The second kappa shape index (κ2) is 4.38. The molecule has 0 radical (unpaired) electrons. The summed E-state index contributed by atoms with van der Waals surface area (Å²) in [4.78, 5) is 12.5. The van der Waals surface area contributed by atoms with Gasteiger partial charge in [0.2, 0.25) is 0 Å². The van der Waals surface area contributed by atoms with E-state index in [1.165, 1.54) is 24.3 Å². The molecule has 112 valence electrons. The van der Waals surface area contributed by atoms with Gasteiger partial charge in [-0.2, -0.15) is 0 Å². The van der Waals surface area contributed by atoms with E-state index in [-0.39, 0.29) is 35.4 Å². The van der Waals surface area contributed by atoms with E-state index < -0.39 is 12.2 Å². The fraction of sp³-hybridized carbons (Fsp3) is 0.188. The highest BCUT2D eigenvalue weighted by Crippen LogP contribution is 2.45. The number of benzene rings is 2. The van der Waals surface area contributed by atoms with Crippen molar-refractivity contribution in [3.63, 3.8) is 0 Å². The van der Waals surface area contributed by atoms with Crippen molar-refractivity contribution in [2.45, 2.75) is 18.8 Å².